The molecule has 0 aliphatic heterocycles. The highest BCUT2D eigenvalue weighted by molar-refractivity contribution is 5.92. The molecule has 26 heavy (non-hydrogen) atoms. The molecule has 0 aliphatic carbocycles. The van der Waals surface area contributed by atoms with E-state index in [9.17, 15) is 18.0 Å². The Hall–Kier alpha value is -3.29. The SMILES string of the molecule is COc1ccc(-c2cc(C(F)(F)F)nn2-c2ccc(C(N)=O)cc2)cc1. The highest BCUT2D eigenvalue weighted by atomic mass is 19.4. The number of carbonyl (C=O) groups is 1. The van der Waals surface area contributed by atoms with Crippen LogP contribution in [-0.4, -0.2) is 22.8 Å². The van der Waals surface area contributed by atoms with Gasteiger partial charge in [0.15, 0.2) is 5.69 Å². The second-order valence-corrected chi connectivity index (χ2v) is 5.46. The van der Waals surface area contributed by atoms with Crippen molar-refractivity contribution in [2.24, 2.45) is 5.73 Å². The molecule has 0 atom stereocenters. The molecule has 134 valence electrons. The Morgan fingerprint density at radius 2 is 1.69 bits per heavy atom. The van der Waals surface area contributed by atoms with Gasteiger partial charge in [0.05, 0.1) is 18.5 Å². The number of halogens is 3. The number of rotatable bonds is 4. The van der Waals surface area contributed by atoms with Gasteiger partial charge in [0.25, 0.3) is 0 Å². The summed E-state index contributed by atoms with van der Waals surface area (Å²) >= 11 is 0. The van der Waals surface area contributed by atoms with Crippen molar-refractivity contribution < 1.29 is 22.7 Å². The molecule has 1 heterocycles. The number of ether oxygens (including phenoxy) is 1. The molecule has 3 aromatic rings. The van der Waals surface area contributed by atoms with Gasteiger partial charge in [-0.25, -0.2) is 4.68 Å². The molecule has 0 aliphatic rings. The van der Waals surface area contributed by atoms with E-state index in [-0.39, 0.29) is 11.3 Å². The van der Waals surface area contributed by atoms with Gasteiger partial charge in [-0.1, -0.05) is 0 Å². The van der Waals surface area contributed by atoms with Crippen LogP contribution in [0, 0.1) is 0 Å². The first-order valence-electron chi connectivity index (χ1n) is 7.51. The standard InChI is InChI=1S/C18H14F3N3O2/c1-26-14-8-4-11(5-9-14)15-10-16(18(19,20)21)23-24(15)13-6-2-12(3-7-13)17(22)25/h2-10H,1H3,(H2,22,25). The summed E-state index contributed by atoms with van der Waals surface area (Å²) in [4.78, 5) is 11.2. The Morgan fingerprint density at radius 3 is 2.19 bits per heavy atom. The lowest BCUT2D eigenvalue weighted by atomic mass is 10.1. The Kier molecular flexibility index (Phi) is 4.41. The molecule has 0 spiro atoms. The predicted octanol–water partition coefficient (Wildman–Crippen LogP) is 3.67. The molecule has 0 saturated heterocycles. The summed E-state index contributed by atoms with van der Waals surface area (Å²) in [6.07, 6.45) is -4.58. The average molecular weight is 361 g/mol. The molecule has 1 amide bonds. The van der Waals surface area contributed by atoms with E-state index < -0.39 is 17.8 Å². The number of amides is 1. The summed E-state index contributed by atoms with van der Waals surface area (Å²) in [6, 6.07) is 13.4. The third-order valence-corrected chi connectivity index (χ3v) is 3.78. The second kappa shape index (κ2) is 6.55. The lowest BCUT2D eigenvalue weighted by molar-refractivity contribution is -0.141. The van der Waals surface area contributed by atoms with Crippen LogP contribution >= 0.6 is 0 Å². The Labute approximate surface area is 146 Å². The van der Waals surface area contributed by atoms with Crippen LogP contribution < -0.4 is 10.5 Å². The smallest absolute Gasteiger partial charge is 0.435 e. The summed E-state index contributed by atoms with van der Waals surface area (Å²) in [5.41, 5.74) is 5.59. The molecule has 0 unspecified atom stereocenters. The van der Waals surface area contributed by atoms with Crippen LogP contribution in [0.5, 0.6) is 5.75 Å². The van der Waals surface area contributed by atoms with Crippen molar-refractivity contribution in [1.82, 2.24) is 9.78 Å². The number of hydrogen-bond acceptors (Lipinski definition) is 3. The number of nitrogens with zero attached hydrogens (tertiary/aromatic N) is 2. The molecular formula is C18H14F3N3O2. The van der Waals surface area contributed by atoms with Crippen molar-refractivity contribution in [1.29, 1.82) is 0 Å². The van der Waals surface area contributed by atoms with E-state index in [1.54, 1.807) is 24.3 Å². The molecule has 5 nitrogen and oxygen atoms in total. The summed E-state index contributed by atoms with van der Waals surface area (Å²) in [6.45, 7) is 0. The predicted molar refractivity (Wildman–Crippen MR) is 89.1 cm³/mol. The molecule has 8 heteroatoms. The summed E-state index contributed by atoms with van der Waals surface area (Å²) in [5, 5.41) is 3.69. The Balaban J connectivity index is 2.13. The van der Waals surface area contributed by atoms with E-state index >= 15 is 0 Å². The molecule has 0 fully saturated rings. The van der Waals surface area contributed by atoms with E-state index in [0.29, 0.717) is 17.0 Å². The maximum atomic E-state index is 13.1. The molecule has 2 aromatic carbocycles. The van der Waals surface area contributed by atoms with Crippen LogP contribution in [0.1, 0.15) is 16.1 Å². The van der Waals surface area contributed by atoms with Gasteiger partial charge < -0.3 is 10.5 Å². The van der Waals surface area contributed by atoms with Gasteiger partial charge in [0.1, 0.15) is 5.75 Å². The lowest BCUT2D eigenvalue weighted by Crippen LogP contribution is -2.11. The van der Waals surface area contributed by atoms with Crippen molar-refractivity contribution in [2.75, 3.05) is 7.11 Å². The van der Waals surface area contributed by atoms with Crippen LogP contribution in [0.25, 0.3) is 16.9 Å². The lowest BCUT2D eigenvalue weighted by Gasteiger charge is -2.09. The third-order valence-electron chi connectivity index (χ3n) is 3.78. The normalized spacial score (nSPS) is 11.4. The first kappa shape index (κ1) is 17.5. The topological polar surface area (TPSA) is 70.1 Å². The summed E-state index contributed by atoms with van der Waals surface area (Å²) in [7, 11) is 1.50. The molecule has 0 bridgehead atoms. The Morgan fingerprint density at radius 1 is 1.08 bits per heavy atom. The van der Waals surface area contributed by atoms with Crippen molar-refractivity contribution in [3.8, 4) is 22.7 Å². The maximum Gasteiger partial charge on any atom is 0.435 e. The highest BCUT2D eigenvalue weighted by Crippen LogP contribution is 2.33. The van der Waals surface area contributed by atoms with E-state index in [4.69, 9.17) is 10.5 Å². The molecule has 1 aromatic heterocycles. The minimum atomic E-state index is -4.58. The van der Waals surface area contributed by atoms with E-state index in [1.807, 2.05) is 0 Å². The van der Waals surface area contributed by atoms with E-state index in [2.05, 4.69) is 5.10 Å². The number of primary amides is 1. The van der Waals surface area contributed by atoms with E-state index in [0.717, 1.165) is 6.07 Å². The van der Waals surface area contributed by atoms with Gasteiger partial charge in [0.2, 0.25) is 5.91 Å². The maximum absolute atomic E-state index is 13.1. The van der Waals surface area contributed by atoms with Gasteiger partial charge in [0, 0.05) is 11.1 Å². The quantitative estimate of drug-likeness (QED) is 0.771. The minimum Gasteiger partial charge on any atom is -0.497 e. The fourth-order valence-electron chi connectivity index (χ4n) is 2.45. The first-order chi connectivity index (χ1) is 12.3. The van der Waals surface area contributed by atoms with Crippen LogP contribution in [0.15, 0.2) is 54.6 Å². The van der Waals surface area contributed by atoms with Crippen LogP contribution in [0.3, 0.4) is 0 Å². The number of aromatic nitrogens is 2. The molecule has 2 N–H and O–H groups in total. The second-order valence-electron chi connectivity index (χ2n) is 5.46. The third kappa shape index (κ3) is 3.39. The summed E-state index contributed by atoms with van der Waals surface area (Å²) in [5.74, 6) is -0.0370. The van der Waals surface area contributed by atoms with Crippen molar-refractivity contribution in [3.05, 3.63) is 65.9 Å². The van der Waals surface area contributed by atoms with Gasteiger partial charge in [-0.15, -0.1) is 0 Å². The fraction of sp³-hybridized carbons (Fsp3) is 0.111. The van der Waals surface area contributed by atoms with Crippen molar-refractivity contribution >= 4 is 5.91 Å². The molecular weight excluding hydrogens is 347 g/mol. The number of hydrogen-bond donors (Lipinski definition) is 1. The van der Waals surface area contributed by atoms with Crippen LogP contribution in [0.2, 0.25) is 0 Å². The van der Waals surface area contributed by atoms with Crippen molar-refractivity contribution in [2.45, 2.75) is 6.18 Å². The van der Waals surface area contributed by atoms with Crippen LogP contribution in [0.4, 0.5) is 13.2 Å². The number of alkyl halides is 3. The zero-order valence-electron chi connectivity index (χ0n) is 13.6. The highest BCUT2D eigenvalue weighted by Gasteiger charge is 2.35. The van der Waals surface area contributed by atoms with Crippen LogP contribution in [-0.2, 0) is 6.18 Å². The first-order valence-corrected chi connectivity index (χ1v) is 7.51. The number of nitrogens with two attached hydrogens (primary N) is 1. The zero-order chi connectivity index (χ0) is 18.9. The zero-order valence-corrected chi connectivity index (χ0v) is 13.6. The molecule has 0 saturated carbocycles. The van der Waals surface area contributed by atoms with Gasteiger partial charge in [-0.05, 0) is 54.6 Å². The summed E-state index contributed by atoms with van der Waals surface area (Å²) < 4.78 is 45.7. The van der Waals surface area contributed by atoms with Gasteiger partial charge in [-0.3, -0.25) is 4.79 Å². The van der Waals surface area contributed by atoms with E-state index in [1.165, 1.54) is 36.1 Å². The monoisotopic (exact) mass is 361 g/mol. The Bertz CT molecular complexity index is 930. The molecule has 3 rings (SSSR count). The fourth-order valence-corrected chi connectivity index (χ4v) is 2.45. The number of carbonyl (C=O) groups excluding carboxylic acids is 1. The van der Waals surface area contributed by atoms with Gasteiger partial charge >= 0.3 is 6.18 Å². The van der Waals surface area contributed by atoms with Crippen molar-refractivity contribution in [3.63, 3.8) is 0 Å². The average Bonchev–Trinajstić information content (AvgIpc) is 3.07. The number of methoxy groups -OCH3 is 1. The molecule has 0 radical (unpaired) electrons. The minimum absolute atomic E-state index is 0.253. The largest absolute Gasteiger partial charge is 0.497 e. The van der Waals surface area contributed by atoms with Gasteiger partial charge in [-0.2, -0.15) is 18.3 Å². The number of benzene rings is 2.